The standard InChI is InChI=1S/C6H8N2O2.C5H6O2/c1-2-10-6(9)5-3-4-7-8-5;1-3-5(6)7-4-2/h3-4H,2H2,1H3,(H,7,8);1H,4H2,2H3. The van der Waals surface area contributed by atoms with Gasteiger partial charge in [-0.1, -0.05) is 0 Å². The highest BCUT2D eigenvalue weighted by Crippen LogP contribution is 1.93. The third-order valence-electron chi connectivity index (χ3n) is 1.39. The molecule has 0 saturated heterocycles. The number of ether oxygens (including phenoxy) is 2. The number of hydrogen-bond acceptors (Lipinski definition) is 5. The number of nitrogens with zero attached hydrogens (tertiary/aromatic N) is 1. The molecule has 6 nitrogen and oxygen atoms in total. The van der Waals surface area contributed by atoms with Crippen molar-refractivity contribution in [3.05, 3.63) is 18.0 Å². The first kappa shape index (κ1) is 14.7. The maximum Gasteiger partial charge on any atom is 0.384 e. The number of H-pyrrole nitrogens is 1. The summed E-state index contributed by atoms with van der Waals surface area (Å²) >= 11 is 0. The summed E-state index contributed by atoms with van der Waals surface area (Å²) in [7, 11) is 0. The summed E-state index contributed by atoms with van der Waals surface area (Å²) < 4.78 is 8.99. The minimum atomic E-state index is -0.595. The fourth-order valence-corrected chi connectivity index (χ4v) is 0.751. The summed E-state index contributed by atoms with van der Waals surface area (Å²) in [6, 6.07) is 1.57. The molecule has 1 aromatic heterocycles. The predicted octanol–water partition coefficient (Wildman–Crippen LogP) is 0.769. The van der Waals surface area contributed by atoms with Crippen molar-refractivity contribution in [1.82, 2.24) is 10.2 Å². The molecule has 0 aromatic carbocycles. The van der Waals surface area contributed by atoms with E-state index in [1.54, 1.807) is 25.8 Å². The maximum atomic E-state index is 10.8. The van der Waals surface area contributed by atoms with Gasteiger partial charge in [0.1, 0.15) is 5.69 Å². The second-order valence-electron chi connectivity index (χ2n) is 2.56. The Balaban J connectivity index is 0.000000325. The number of aromatic nitrogens is 2. The third-order valence-corrected chi connectivity index (χ3v) is 1.39. The lowest BCUT2D eigenvalue weighted by molar-refractivity contribution is -0.136. The molecule has 1 aromatic rings. The van der Waals surface area contributed by atoms with Gasteiger partial charge in [-0.3, -0.25) is 5.10 Å². The van der Waals surface area contributed by atoms with Crippen molar-refractivity contribution in [3.63, 3.8) is 0 Å². The quantitative estimate of drug-likeness (QED) is 0.478. The molecule has 0 fully saturated rings. The van der Waals surface area contributed by atoms with Crippen LogP contribution in [0.25, 0.3) is 0 Å². The van der Waals surface area contributed by atoms with Gasteiger partial charge in [-0.15, -0.1) is 6.42 Å². The van der Waals surface area contributed by atoms with Gasteiger partial charge in [0.25, 0.3) is 0 Å². The first-order valence-corrected chi connectivity index (χ1v) is 4.95. The first-order chi connectivity index (χ1) is 8.15. The van der Waals surface area contributed by atoms with E-state index in [2.05, 4.69) is 26.1 Å². The van der Waals surface area contributed by atoms with Crippen LogP contribution in [0.5, 0.6) is 0 Å². The van der Waals surface area contributed by atoms with Crippen LogP contribution in [0.2, 0.25) is 0 Å². The zero-order valence-electron chi connectivity index (χ0n) is 9.73. The van der Waals surface area contributed by atoms with E-state index in [1.165, 1.54) is 6.20 Å². The summed E-state index contributed by atoms with van der Waals surface area (Å²) in [5.74, 6) is 0.849. The Morgan fingerprint density at radius 1 is 1.41 bits per heavy atom. The van der Waals surface area contributed by atoms with Crippen LogP contribution in [-0.4, -0.2) is 35.3 Å². The number of hydrogen-bond donors (Lipinski definition) is 1. The summed E-state index contributed by atoms with van der Waals surface area (Å²) in [5, 5.41) is 6.10. The Bertz CT molecular complexity index is 379. The van der Waals surface area contributed by atoms with Crippen LogP contribution in [0.3, 0.4) is 0 Å². The molecule has 0 bridgehead atoms. The number of carbonyl (C=O) groups is 2. The van der Waals surface area contributed by atoms with Crippen LogP contribution in [0.15, 0.2) is 12.3 Å². The number of aromatic amines is 1. The molecule has 1 rings (SSSR count). The average molecular weight is 238 g/mol. The predicted molar refractivity (Wildman–Crippen MR) is 60.0 cm³/mol. The second kappa shape index (κ2) is 8.97. The third kappa shape index (κ3) is 6.73. The SMILES string of the molecule is C#CC(=O)OCC.CCOC(=O)c1ccn[nH]1. The van der Waals surface area contributed by atoms with E-state index in [9.17, 15) is 9.59 Å². The van der Waals surface area contributed by atoms with Gasteiger partial charge >= 0.3 is 11.9 Å². The summed E-state index contributed by atoms with van der Waals surface area (Å²) in [6.07, 6.45) is 6.14. The lowest BCUT2D eigenvalue weighted by Gasteiger charge is -1.95. The van der Waals surface area contributed by atoms with Crippen molar-refractivity contribution in [2.75, 3.05) is 13.2 Å². The zero-order valence-corrected chi connectivity index (χ0v) is 9.73. The van der Waals surface area contributed by atoms with E-state index in [1.807, 2.05) is 0 Å². The molecule has 0 aliphatic carbocycles. The smallest absolute Gasteiger partial charge is 0.384 e. The van der Waals surface area contributed by atoms with Gasteiger partial charge in [-0.2, -0.15) is 5.10 Å². The summed E-state index contributed by atoms with van der Waals surface area (Å²) in [5.41, 5.74) is 0.391. The molecule has 0 unspecified atom stereocenters. The largest absolute Gasteiger partial charge is 0.461 e. The van der Waals surface area contributed by atoms with Gasteiger partial charge in [-0.05, 0) is 19.9 Å². The molecule has 17 heavy (non-hydrogen) atoms. The topological polar surface area (TPSA) is 81.3 Å². The molecule has 92 valence electrons. The molecule has 0 spiro atoms. The van der Waals surface area contributed by atoms with E-state index >= 15 is 0 Å². The number of carbonyl (C=O) groups excluding carboxylic acids is 2. The number of esters is 2. The van der Waals surface area contributed by atoms with Crippen molar-refractivity contribution < 1.29 is 19.1 Å². The first-order valence-electron chi connectivity index (χ1n) is 4.95. The number of nitrogens with one attached hydrogen (secondary N) is 1. The van der Waals surface area contributed by atoms with Gasteiger partial charge in [0, 0.05) is 12.1 Å². The molecular weight excluding hydrogens is 224 g/mol. The van der Waals surface area contributed by atoms with Crippen LogP contribution in [0.1, 0.15) is 24.3 Å². The minimum absolute atomic E-state index is 0.350. The molecule has 6 heteroatoms. The summed E-state index contributed by atoms with van der Waals surface area (Å²) in [4.78, 5) is 20.8. The highest BCUT2D eigenvalue weighted by atomic mass is 16.5. The van der Waals surface area contributed by atoms with E-state index in [4.69, 9.17) is 0 Å². The van der Waals surface area contributed by atoms with Crippen LogP contribution in [-0.2, 0) is 14.3 Å². The molecule has 1 heterocycles. The van der Waals surface area contributed by atoms with E-state index < -0.39 is 5.97 Å². The van der Waals surface area contributed by atoms with Crippen LogP contribution in [0, 0.1) is 12.3 Å². The minimum Gasteiger partial charge on any atom is -0.461 e. The van der Waals surface area contributed by atoms with Gasteiger partial charge in [-0.25, -0.2) is 9.59 Å². The lowest BCUT2D eigenvalue weighted by Crippen LogP contribution is -2.04. The molecular formula is C11H14N2O4. The van der Waals surface area contributed by atoms with E-state index in [0.29, 0.717) is 18.9 Å². The van der Waals surface area contributed by atoms with Crippen molar-refractivity contribution in [3.8, 4) is 12.3 Å². The van der Waals surface area contributed by atoms with Crippen molar-refractivity contribution >= 4 is 11.9 Å². The van der Waals surface area contributed by atoms with Crippen molar-refractivity contribution in [1.29, 1.82) is 0 Å². The van der Waals surface area contributed by atoms with E-state index in [0.717, 1.165) is 0 Å². The van der Waals surface area contributed by atoms with Crippen molar-refractivity contribution in [2.45, 2.75) is 13.8 Å². The fraction of sp³-hybridized carbons (Fsp3) is 0.364. The van der Waals surface area contributed by atoms with Gasteiger partial charge in [0.2, 0.25) is 0 Å². The second-order valence-corrected chi connectivity index (χ2v) is 2.56. The Morgan fingerprint density at radius 2 is 2.06 bits per heavy atom. The summed E-state index contributed by atoms with van der Waals surface area (Å²) in [6.45, 7) is 4.20. The molecule has 0 aliphatic heterocycles. The van der Waals surface area contributed by atoms with E-state index in [-0.39, 0.29) is 5.97 Å². The fourth-order valence-electron chi connectivity index (χ4n) is 0.751. The van der Waals surface area contributed by atoms with Gasteiger partial charge < -0.3 is 9.47 Å². The Kier molecular flexibility index (Phi) is 7.76. The number of rotatable bonds is 3. The van der Waals surface area contributed by atoms with Crippen molar-refractivity contribution in [2.24, 2.45) is 0 Å². The normalized spacial score (nSPS) is 8.29. The lowest BCUT2D eigenvalue weighted by atomic mass is 10.4. The zero-order chi connectivity index (χ0) is 13.1. The Hall–Kier alpha value is -2.29. The molecule has 0 atom stereocenters. The molecule has 0 saturated carbocycles. The Morgan fingerprint density at radius 3 is 2.41 bits per heavy atom. The molecule has 0 aliphatic rings. The Labute approximate surface area is 99.3 Å². The molecule has 0 amide bonds. The van der Waals surface area contributed by atoms with Crippen LogP contribution >= 0.6 is 0 Å². The average Bonchev–Trinajstić information content (AvgIpc) is 2.84. The molecule has 1 N–H and O–H groups in total. The monoisotopic (exact) mass is 238 g/mol. The van der Waals surface area contributed by atoms with Gasteiger partial charge in [0.05, 0.1) is 13.2 Å². The maximum absolute atomic E-state index is 10.8. The highest BCUT2D eigenvalue weighted by Gasteiger charge is 2.05. The van der Waals surface area contributed by atoms with Gasteiger partial charge in [0.15, 0.2) is 0 Å². The number of terminal acetylenes is 1. The highest BCUT2D eigenvalue weighted by molar-refractivity contribution is 5.87. The van der Waals surface area contributed by atoms with Crippen LogP contribution in [0.4, 0.5) is 0 Å². The molecule has 0 radical (unpaired) electrons. The van der Waals surface area contributed by atoms with Crippen LogP contribution < -0.4 is 0 Å².